The number of hydrogen-bond donors (Lipinski definition) is 1. The van der Waals surface area contributed by atoms with Crippen molar-refractivity contribution >= 4 is 21.6 Å². The first-order valence-corrected chi connectivity index (χ1v) is 13.5. The van der Waals surface area contributed by atoms with Gasteiger partial charge in [-0.15, -0.1) is 0 Å². The Hall–Kier alpha value is -2.42. The molecule has 2 aromatic rings. The summed E-state index contributed by atoms with van der Waals surface area (Å²) in [7, 11) is -1.76. The highest BCUT2D eigenvalue weighted by Gasteiger charge is 2.27. The van der Waals surface area contributed by atoms with Crippen LogP contribution < -0.4 is 9.62 Å². The van der Waals surface area contributed by atoms with Gasteiger partial charge in [-0.05, 0) is 62.7 Å². The lowest BCUT2D eigenvalue weighted by molar-refractivity contribution is -0.119. The maximum atomic E-state index is 13.5. The number of sulfonamides is 1. The number of aryl methyl sites for hydroxylation is 1. The summed E-state index contributed by atoms with van der Waals surface area (Å²) in [6, 6.07) is 14.1. The Labute approximate surface area is 204 Å². The van der Waals surface area contributed by atoms with E-state index >= 15 is 0 Å². The Morgan fingerprint density at radius 3 is 2.21 bits per heavy atom. The molecule has 1 aliphatic rings. The molecule has 0 aliphatic carbocycles. The number of piperazine rings is 1. The van der Waals surface area contributed by atoms with E-state index in [0.717, 1.165) is 50.3 Å². The summed E-state index contributed by atoms with van der Waals surface area (Å²) in [6.45, 7) is 11.5. The van der Waals surface area contributed by atoms with Crippen molar-refractivity contribution in [2.45, 2.75) is 38.0 Å². The molecule has 0 spiro atoms. The molecule has 1 amide bonds. The van der Waals surface area contributed by atoms with Gasteiger partial charge in [0.2, 0.25) is 5.91 Å². The summed E-state index contributed by atoms with van der Waals surface area (Å²) in [5.74, 6) is 0.0295. The predicted molar refractivity (Wildman–Crippen MR) is 138 cm³/mol. The number of hydrogen-bond acceptors (Lipinski definition) is 5. The number of carbonyl (C=O) groups excluding carboxylic acids is 1. The van der Waals surface area contributed by atoms with Gasteiger partial charge in [-0.1, -0.05) is 43.7 Å². The second-order valence-electron chi connectivity index (χ2n) is 9.42. The summed E-state index contributed by atoms with van der Waals surface area (Å²) >= 11 is 0. The van der Waals surface area contributed by atoms with Gasteiger partial charge < -0.3 is 15.1 Å². The number of nitrogens with zero attached hydrogens (tertiary/aromatic N) is 3. The van der Waals surface area contributed by atoms with E-state index in [9.17, 15) is 13.2 Å². The predicted octanol–water partition coefficient (Wildman–Crippen LogP) is 3.07. The van der Waals surface area contributed by atoms with Crippen molar-refractivity contribution in [1.82, 2.24) is 15.1 Å². The molecule has 0 aromatic heterocycles. The van der Waals surface area contributed by atoms with Gasteiger partial charge in [0.05, 0.1) is 10.6 Å². The third kappa shape index (κ3) is 7.04. The van der Waals surface area contributed by atoms with E-state index in [1.807, 2.05) is 19.1 Å². The third-order valence-electron chi connectivity index (χ3n) is 6.31. The lowest BCUT2D eigenvalue weighted by atomic mass is 10.0. The molecule has 34 heavy (non-hydrogen) atoms. The van der Waals surface area contributed by atoms with E-state index in [0.29, 0.717) is 18.2 Å². The number of amides is 1. The van der Waals surface area contributed by atoms with Crippen LogP contribution in [0, 0.1) is 6.92 Å². The van der Waals surface area contributed by atoms with Gasteiger partial charge in [-0.2, -0.15) is 0 Å². The quantitative estimate of drug-likeness (QED) is 0.523. The van der Waals surface area contributed by atoms with Crippen molar-refractivity contribution < 1.29 is 13.2 Å². The molecule has 0 bridgehead atoms. The fraction of sp³-hybridized carbons (Fsp3) is 0.500. The molecule has 2 aromatic carbocycles. The number of nitrogens with one attached hydrogen (secondary N) is 1. The van der Waals surface area contributed by atoms with Crippen LogP contribution in [0.1, 0.15) is 37.3 Å². The molecule has 1 N–H and O–H groups in total. The van der Waals surface area contributed by atoms with Crippen LogP contribution in [-0.2, 0) is 14.8 Å². The number of rotatable bonds is 10. The zero-order chi connectivity index (χ0) is 24.7. The van der Waals surface area contributed by atoms with Crippen LogP contribution in [0.3, 0.4) is 0 Å². The van der Waals surface area contributed by atoms with E-state index in [2.05, 4.69) is 36.0 Å². The molecule has 3 rings (SSSR count). The summed E-state index contributed by atoms with van der Waals surface area (Å²) < 4.78 is 28.2. The second kappa shape index (κ2) is 11.8. The largest absolute Gasteiger partial charge is 0.354 e. The first-order chi connectivity index (χ1) is 16.2. The van der Waals surface area contributed by atoms with Gasteiger partial charge in [0.15, 0.2) is 0 Å². The standard InChI is InChI=1S/C26H38N4O3S/c1-21(2)23-8-10-24(11-9-23)30(34(32,33)25-12-6-22(3)7-13-25)20-26(31)27-14-5-15-29-18-16-28(4)17-19-29/h6-13,21H,5,14-20H2,1-4H3,(H,27,31). The van der Waals surface area contributed by atoms with Gasteiger partial charge in [-0.3, -0.25) is 9.10 Å². The minimum absolute atomic E-state index is 0.175. The van der Waals surface area contributed by atoms with Gasteiger partial charge in [0, 0.05) is 32.7 Å². The zero-order valence-corrected chi connectivity index (χ0v) is 21.6. The van der Waals surface area contributed by atoms with Crippen molar-refractivity contribution in [3.8, 4) is 0 Å². The highest BCUT2D eigenvalue weighted by atomic mass is 32.2. The second-order valence-corrected chi connectivity index (χ2v) is 11.3. The molecule has 8 heteroatoms. The Kier molecular flexibility index (Phi) is 9.10. The maximum Gasteiger partial charge on any atom is 0.264 e. The highest BCUT2D eigenvalue weighted by molar-refractivity contribution is 7.92. The fourth-order valence-corrected chi connectivity index (χ4v) is 5.39. The molecule has 1 heterocycles. The Bertz CT molecular complexity index is 1030. The summed E-state index contributed by atoms with van der Waals surface area (Å²) in [5, 5.41) is 2.91. The van der Waals surface area contributed by atoms with Crippen LogP contribution in [0.5, 0.6) is 0 Å². The average molecular weight is 487 g/mol. The maximum absolute atomic E-state index is 13.5. The Morgan fingerprint density at radius 2 is 1.62 bits per heavy atom. The van der Waals surface area contributed by atoms with Gasteiger partial charge >= 0.3 is 0 Å². The van der Waals surface area contributed by atoms with E-state index in [1.54, 1.807) is 36.4 Å². The normalized spacial score (nSPS) is 15.4. The summed E-state index contributed by atoms with van der Waals surface area (Å²) in [5.41, 5.74) is 2.58. The third-order valence-corrected chi connectivity index (χ3v) is 8.10. The van der Waals surface area contributed by atoms with Crippen molar-refractivity contribution in [2.24, 2.45) is 0 Å². The van der Waals surface area contributed by atoms with Gasteiger partial charge in [-0.25, -0.2) is 8.42 Å². The van der Waals surface area contributed by atoms with Crippen LogP contribution in [0.15, 0.2) is 53.4 Å². The molecule has 1 fully saturated rings. The monoisotopic (exact) mass is 486 g/mol. The van der Waals surface area contributed by atoms with Crippen LogP contribution in [-0.4, -0.2) is 77.0 Å². The topological polar surface area (TPSA) is 73.0 Å². The first kappa shape index (κ1) is 26.2. The summed E-state index contributed by atoms with van der Waals surface area (Å²) in [4.78, 5) is 17.7. The van der Waals surface area contributed by atoms with E-state index in [4.69, 9.17) is 0 Å². The van der Waals surface area contributed by atoms with E-state index in [-0.39, 0.29) is 17.3 Å². The van der Waals surface area contributed by atoms with Crippen LogP contribution in [0.2, 0.25) is 0 Å². The minimum Gasteiger partial charge on any atom is -0.354 e. The van der Waals surface area contributed by atoms with Gasteiger partial charge in [0.1, 0.15) is 6.54 Å². The molecule has 0 radical (unpaired) electrons. The number of likely N-dealkylation sites (N-methyl/N-ethyl adjacent to an activating group) is 1. The number of anilines is 1. The molecule has 186 valence electrons. The van der Waals surface area contributed by atoms with Crippen LogP contribution in [0.25, 0.3) is 0 Å². The van der Waals surface area contributed by atoms with Crippen molar-refractivity contribution in [3.05, 3.63) is 59.7 Å². The fourth-order valence-electron chi connectivity index (χ4n) is 3.97. The molecule has 0 unspecified atom stereocenters. The highest BCUT2D eigenvalue weighted by Crippen LogP contribution is 2.26. The Balaban J connectivity index is 1.68. The molecular weight excluding hydrogens is 448 g/mol. The molecule has 0 saturated carbocycles. The van der Waals surface area contributed by atoms with Crippen molar-refractivity contribution in [1.29, 1.82) is 0 Å². The molecular formula is C26H38N4O3S. The molecule has 7 nitrogen and oxygen atoms in total. The van der Waals surface area contributed by atoms with Crippen LogP contribution in [0.4, 0.5) is 5.69 Å². The smallest absolute Gasteiger partial charge is 0.264 e. The summed E-state index contributed by atoms with van der Waals surface area (Å²) in [6.07, 6.45) is 0.837. The van der Waals surface area contributed by atoms with Crippen molar-refractivity contribution in [2.75, 3.05) is 57.2 Å². The van der Waals surface area contributed by atoms with Gasteiger partial charge in [0.25, 0.3) is 10.0 Å². The molecule has 0 atom stereocenters. The average Bonchev–Trinajstić information content (AvgIpc) is 2.81. The van der Waals surface area contributed by atoms with E-state index < -0.39 is 10.0 Å². The van der Waals surface area contributed by atoms with E-state index in [1.165, 1.54) is 4.31 Å². The van der Waals surface area contributed by atoms with Crippen LogP contribution >= 0.6 is 0 Å². The first-order valence-electron chi connectivity index (χ1n) is 12.0. The zero-order valence-electron chi connectivity index (χ0n) is 20.8. The molecule has 1 aliphatic heterocycles. The minimum atomic E-state index is -3.89. The molecule has 1 saturated heterocycles. The lowest BCUT2D eigenvalue weighted by Gasteiger charge is -2.32. The number of benzene rings is 2. The number of carbonyl (C=O) groups is 1. The Morgan fingerprint density at radius 1 is 1.00 bits per heavy atom. The SMILES string of the molecule is Cc1ccc(S(=O)(=O)N(CC(=O)NCCCN2CCN(C)CC2)c2ccc(C(C)C)cc2)cc1. The lowest BCUT2D eigenvalue weighted by Crippen LogP contribution is -2.45. The van der Waals surface area contributed by atoms with Crippen molar-refractivity contribution in [3.63, 3.8) is 0 Å².